The first-order valence-electron chi connectivity index (χ1n) is 8.26. The Kier molecular flexibility index (Phi) is 5.30. The third-order valence-electron chi connectivity index (χ3n) is 4.11. The molecular formula is C20H20N2O5. The summed E-state index contributed by atoms with van der Waals surface area (Å²) in [4.78, 5) is 23.6. The molecule has 0 saturated carbocycles. The average molecular weight is 368 g/mol. The number of benzene rings is 2. The number of carbonyl (C=O) groups is 2. The number of fused-ring (bicyclic) bond motifs is 1. The second-order valence-corrected chi connectivity index (χ2v) is 5.88. The monoisotopic (exact) mass is 368 g/mol. The highest BCUT2D eigenvalue weighted by molar-refractivity contribution is 6.03. The SMILES string of the molecule is COc1cc(/C=C/C(=O)Nc2ccc3c(c2)CC(=O)N3)cc(OC)c1OC. The molecule has 7 heteroatoms. The molecule has 0 unspecified atom stereocenters. The molecule has 27 heavy (non-hydrogen) atoms. The number of ether oxygens (including phenoxy) is 3. The van der Waals surface area contributed by atoms with Gasteiger partial charge in [0.15, 0.2) is 11.5 Å². The van der Waals surface area contributed by atoms with Gasteiger partial charge in [0, 0.05) is 17.5 Å². The maximum atomic E-state index is 12.2. The lowest BCUT2D eigenvalue weighted by atomic mass is 10.1. The molecule has 2 N–H and O–H groups in total. The lowest BCUT2D eigenvalue weighted by Crippen LogP contribution is -2.07. The van der Waals surface area contributed by atoms with E-state index in [1.165, 1.54) is 27.4 Å². The third-order valence-corrected chi connectivity index (χ3v) is 4.11. The minimum Gasteiger partial charge on any atom is -0.493 e. The van der Waals surface area contributed by atoms with Gasteiger partial charge < -0.3 is 24.8 Å². The van der Waals surface area contributed by atoms with Crippen molar-refractivity contribution < 1.29 is 23.8 Å². The molecule has 0 aliphatic carbocycles. The highest BCUT2D eigenvalue weighted by Gasteiger charge is 2.17. The molecule has 2 aromatic rings. The second kappa shape index (κ2) is 7.82. The van der Waals surface area contributed by atoms with Crippen LogP contribution in [0.25, 0.3) is 6.08 Å². The fourth-order valence-corrected chi connectivity index (χ4v) is 2.86. The molecule has 1 aliphatic rings. The molecule has 0 radical (unpaired) electrons. The van der Waals surface area contributed by atoms with Crippen LogP contribution >= 0.6 is 0 Å². The van der Waals surface area contributed by atoms with Crippen LogP contribution in [0.5, 0.6) is 17.2 Å². The summed E-state index contributed by atoms with van der Waals surface area (Å²) in [6.45, 7) is 0. The summed E-state index contributed by atoms with van der Waals surface area (Å²) in [5, 5.41) is 5.54. The molecule has 3 rings (SSSR count). The molecule has 0 fully saturated rings. The summed E-state index contributed by atoms with van der Waals surface area (Å²) in [6.07, 6.45) is 3.38. The Morgan fingerprint density at radius 2 is 1.78 bits per heavy atom. The van der Waals surface area contributed by atoms with Crippen LogP contribution in [-0.4, -0.2) is 33.1 Å². The molecule has 0 spiro atoms. The molecule has 0 saturated heterocycles. The third kappa shape index (κ3) is 4.03. The van der Waals surface area contributed by atoms with Gasteiger partial charge in [-0.05, 0) is 47.5 Å². The zero-order valence-electron chi connectivity index (χ0n) is 15.3. The van der Waals surface area contributed by atoms with Gasteiger partial charge in [0.25, 0.3) is 0 Å². The van der Waals surface area contributed by atoms with Crippen LogP contribution in [0.2, 0.25) is 0 Å². The van der Waals surface area contributed by atoms with Gasteiger partial charge in [0.1, 0.15) is 0 Å². The molecule has 0 atom stereocenters. The number of methoxy groups -OCH3 is 3. The van der Waals surface area contributed by atoms with Crippen LogP contribution in [0.15, 0.2) is 36.4 Å². The van der Waals surface area contributed by atoms with Crippen molar-refractivity contribution in [1.82, 2.24) is 0 Å². The van der Waals surface area contributed by atoms with Crippen molar-refractivity contribution in [2.45, 2.75) is 6.42 Å². The predicted octanol–water partition coefficient (Wildman–Crippen LogP) is 2.86. The number of amides is 2. The molecule has 7 nitrogen and oxygen atoms in total. The van der Waals surface area contributed by atoms with Crippen LogP contribution in [0.4, 0.5) is 11.4 Å². The van der Waals surface area contributed by atoms with Gasteiger partial charge in [-0.25, -0.2) is 0 Å². The summed E-state index contributed by atoms with van der Waals surface area (Å²) in [7, 11) is 4.60. The van der Waals surface area contributed by atoms with Gasteiger partial charge in [-0.15, -0.1) is 0 Å². The Morgan fingerprint density at radius 1 is 1.07 bits per heavy atom. The van der Waals surface area contributed by atoms with E-state index in [1.54, 1.807) is 36.4 Å². The van der Waals surface area contributed by atoms with Gasteiger partial charge in [0.2, 0.25) is 17.6 Å². The summed E-state index contributed by atoms with van der Waals surface area (Å²) >= 11 is 0. The quantitative estimate of drug-likeness (QED) is 0.766. The first-order valence-corrected chi connectivity index (χ1v) is 8.26. The smallest absolute Gasteiger partial charge is 0.248 e. The maximum Gasteiger partial charge on any atom is 0.248 e. The number of hydrogen-bond donors (Lipinski definition) is 2. The van der Waals surface area contributed by atoms with Gasteiger partial charge in [-0.1, -0.05) is 0 Å². The van der Waals surface area contributed by atoms with Crippen LogP contribution in [0, 0.1) is 0 Å². The minimum atomic E-state index is -0.291. The molecule has 1 aliphatic heterocycles. The van der Waals surface area contributed by atoms with E-state index in [0.29, 0.717) is 29.4 Å². The van der Waals surface area contributed by atoms with Crippen molar-refractivity contribution >= 4 is 29.3 Å². The number of hydrogen-bond acceptors (Lipinski definition) is 5. The van der Waals surface area contributed by atoms with Crippen LogP contribution in [0.1, 0.15) is 11.1 Å². The molecule has 140 valence electrons. The lowest BCUT2D eigenvalue weighted by Gasteiger charge is -2.12. The van der Waals surface area contributed by atoms with E-state index in [2.05, 4.69) is 10.6 Å². The largest absolute Gasteiger partial charge is 0.493 e. The fourth-order valence-electron chi connectivity index (χ4n) is 2.86. The van der Waals surface area contributed by atoms with Crippen molar-refractivity contribution in [2.75, 3.05) is 32.0 Å². The fraction of sp³-hybridized carbons (Fsp3) is 0.200. The number of anilines is 2. The Labute approximate surface area is 156 Å². The molecule has 2 aromatic carbocycles. The predicted molar refractivity (Wildman–Crippen MR) is 103 cm³/mol. The van der Waals surface area contributed by atoms with Gasteiger partial charge >= 0.3 is 0 Å². The van der Waals surface area contributed by atoms with Gasteiger partial charge in [-0.2, -0.15) is 0 Å². The molecule has 2 amide bonds. The zero-order valence-corrected chi connectivity index (χ0v) is 15.3. The summed E-state index contributed by atoms with van der Waals surface area (Å²) in [5.41, 5.74) is 3.01. The summed E-state index contributed by atoms with van der Waals surface area (Å²) in [6, 6.07) is 8.81. The van der Waals surface area contributed by atoms with E-state index < -0.39 is 0 Å². The van der Waals surface area contributed by atoms with Crippen LogP contribution in [0.3, 0.4) is 0 Å². The molecule has 1 heterocycles. The van der Waals surface area contributed by atoms with Crippen molar-refractivity contribution in [3.8, 4) is 17.2 Å². The Balaban J connectivity index is 1.74. The van der Waals surface area contributed by atoms with E-state index in [1.807, 2.05) is 0 Å². The number of carbonyl (C=O) groups excluding carboxylic acids is 2. The first-order chi connectivity index (χ1) is 13.0. The number of nitrogens with one attached hydrogen (secondary N) is 2. The normalized spacial score (nSPS) is 12.5. The average Bonchev–Trinajstić information content (AvgIpc) is 3.04. The zero-order chi connectivity index (χ0) is 19.4. The van der Waals surface area contributed by atoms with Crippen molar-refractivity contribution in [3.63, 3.8) is 0 Å². The minimum absolute atomic E-state index is 0.0456. The van der Waals surface area contributed by atoms with Crippen molar-refractivity contribution in [3.05, 3.63) is 47.5 Å². The van der Waals surface area contributed by atoms with Gasteiger partial charge in [0.05, 0.1) is 27.8 Å². The van der Waals surface area contributed by atoms with Crippen molar-refractivity contribution in [1.29, 1.82) is 0 Å². The van der Waals surface area contributed by atoms with E-state index in [4.69, 9.17) is 14.2 Å². The second-order valence-electron chi connectivity index (χ2n) is 5.88. The van der Waals surface area contributed by atoms with Crippen LogP contribution in [-0.2, 0) is 16.0 Å². The maximum absolute atomic E-state index is 12.2. The van der Waals surface area contributed by atoms with Crippen LogP contribution < -0.4 is 24.8 Å². The Morgan fingerprint density at radius 3 is 2.41 bits per heavy atom. The van der Waals surface area contributed by atoms with E-state index in [9.17, 15) is 9.59 Å². The summed E-state index contributed by atoms with van der Waals surface area (Å²) < 4.78 is 15.9. The molecule has 0 bridgehead atoms. The highest BCUT2D eigenvalue weighted by atomic mass is 16.5. The van der Waals surface area contributed by atoms with E-state index in [0.717, 1.165) is 16.8 Å². The Hall–Kier alpha value is -3.48. The van der Waals surface area contributed by atoms with E-state index >= 15 is 0 Å². The Bertz CT molecular complexity index is 896. The van der Waals surface area contributed by atoms with Gasteiger partial charge in [-0.3, -0.25) is 9.59 Å². The standard InChI is InChI=1S/C20H20N2O5/c1-25-16-8-12(9-17(26-2)20(16)27-3)4-7-18(23)21-14-5-6-15-13(10-14)11-19(24)22-15/h4-10H,11H2,1-3H3,(H,21,23)(H,22,24)/b7-4+. The first kappa shape index (κ1) is 18.3. The lowest BCUT2D eigenvalue weighted by molar-refractivity contribution is -0.115. The highest BCUT2D eigenvalue weighted by Crippen LogP contribution is 2.38. The topological polar surface area (TPSA) is 85.9 Å². The number of rotatable bonds is 6. The molecule has 0 aromatic heterocycles. The van der Waals surface area contributed by atoms with E-state index in [-0.39, 0.29) is 11.8 Å². The molecular weight excluding hydrogens is 348 g/mol. The van der Waals surface area contributed by atoms with Crippen molar-refractivity contribution in [2.24, 2.45) is 0 Å². The summed E-state index contributed by atoms with van der Waals surface area (Å²) in [5.74, 6) is 1.17.